The molecule has 0 spiro atoms. The number of hydrogen-bond donors (Lipinski definition) is 1. The van der Waals surface area contributed by atoms with E-state index in [2.05, 4.69) is 0 Å². The topological polar surface area (TPSA) is 59.0 Å². The summed E-state index contributed by atoms with van der Waals surface area (Å²) in [5, 5.41) is 9.37. The van der Waals surface area contributed by atoms with Crippen molar-refractivity contribution < 1.29 is 19.4 Å². The Bertz CT molecular complexity index is 449. The minimum Gasteiger partial charge on any atom is -0.394 e. The molecule has 1 amide bonds. The number of nitrogens with zero attached hydrogens (tertiary/aromatic N) is 1. The van der Waals surface area contributed by atoms with E-state index in [9.17, 15) is 9.90 Å². The zero-order chi connectivity index (χ0) is 14.4. The number of ether oxygens (including phenoxy) is 2. The van der Waals surface area contributed by atoms with Crippen molar-refractivity contribution in [3.63, 3.8) is 0 Å². The summed E-state index contributed by atoms with van der Waals surface area (Å²) in [6.45, 7) is 1.93. The van der Waals surface area contributed by atoms with Crippen LogP contribution < -0.4 is 0 Å². The molecule has 1 aromatic rings. The maximum atomic E-state index is 12.7. The van der Waals surface area contributed by atoms with E-state index < -0.39 is 0 Å². The first-order chi connectivity index (χ1) is 9.77. The molecule has 0 radical (unpaired) electrons. The van der Waals surface area contributed by atoms with E-state index in [1.165, 1.54) is 0 Å². The first kappa shape index (κ1) is 15.0. The summed E-state index contributed by atoms with van der Waals surface area (Å²) >= 11 is 0. The predicted octanol–water partition coefficient (Wildman–Crippen LogP) is 0.709. The average molecular weight is 279 g/mol. The molecule has 0 aliphatic carbocycles. The Morgan fingerprint density at radius 1 is 1.50 bits per heavy atom. The number of carbonyl (C=O) groups excluding carboxylic acids is 1. The van der Waals surface area contributed by atoms with Crippen molar-refractivity contribution >= 4 is 5.91 Å². The minimum absolute atomic E-state index is 0.0425. The SMILES string of the molecule is COCCc1ccccc1C(=O)N1CCOC[C@H]1CO. The van der Waals surface area contributed by atoms with Crippen LogP contribution in [0.2, 0.25) is 0 Å². The highest BCUT2D eigenvalue weighted by atomic mass is 16.5. The summed E-state index contributed by atoms with van der Waals surface area (Å²) in [6, 6.07) is 7.30. The summed E-state index contributed by atoms with van der Waals surface area (Å²) in [4.78, 5) is 14.4. The first-order valence-corrected chi connectivity index (χ1v) is 6.84. The molecule has 0 aromatic heterocycles. The van der Waals surface area contributed by atoms with E-state index in [1.807, 2.05) is 24.3 Å². The number of carbonyl (C=O) groups is 1. The van der Waals surface area contributed by atoms with E-state index in [1.54, 1.807) is 12.0 Å². The van der Waals surface area contributed by atoms with Crippen molar-refractivity contribution in [3.05, 3.63) is 35.4 Å². The molecular formula is C15H21NO4. The van der Waals surface area contributed by atoms with Gasteiger partial charge in [0.1, 0.15) is 0 Å². The van der Waals surface area contributed by atoms with Gasteiger partial charge < -0.3 is 19.5 Å². The van der Waals surface area contributed by atoms with Gasteiger partial charge in [-0.25, -0.2) is 0 Å². The van der Waals surface area contributed by atoms with Crippen molar-refractivity contribution in [2.75, 3.05) is 40.1 Å². The number of amides is 1. The van der Waals surface area contributed by atoms with Crippen LogP contribution in [0.15, 0.2) is 24.3 Å². The highest BCUT2D eigenvalue weighted by molar-refractivity contribution is 5.96. The Labute approximate surface area is 119 Å². The van der Waals surface area contributed by atoms with Crippen molar-refractivity contribution in [1.82, 2.24) is 4.90 Å². The maximum absolute atomic E-state index is 12.7. The zero-order valence-electron chi connectivity index (χ0n) is 11.7. The molecule has 1 aromatic carbocycles. The van der Waals surface area contributed by atoms with Gasteiger partial charge >= 0.3 is 0 Å². The number of methoxy groups -OCH3 is 1. The third-order valence-corrected chi connectivity index (χ3v) is 3.52. The number of benzene rings is 1. The lowest BCUT2D eigenvalue weighted by molar-refractivity contribution is -0.0184. The van der Waals surface area contributed by atoms with Gasteiger partial charge in [0.15, 0.2) is 0 Å². The lowest BCUT2D eigenvalue weighted by Crippen LogP contribution is -2.50. The van der Waals surface area contributed by atoms with Gasteiger partial charge in [0.2, 0.25) is 0 Å². The fraction of sp³-hybridized carbons (Fsp3) is 0.533. The van der Waals surface area contributed by atoms with E-state index in [-0.39, 0.29) is 18.6 Å². The minimum atomic E-state index is -0.258. The van der Waals surface area contributed by atoms with Gasteiger partial charge in [-0.05, 0) is 18.1 Å². The molecule has 1 aliphatic heterocycles. The molecule has 110 valence electrons. The molecule has 0 saturated carbocycles. The number of rotatable bonds is 5. The summed E-state index contributed by atoms with van der Waals surface area (Å²) in [7, 11) is 1.65. The van der Waals surface area contributed by atoms with E-state index in [4.69, 9.17) is 9.47 Å². The van der Waals surface area contributed by atoms with Crippen LogP contribution in [0, 0.1) is 0 Å². The molecule has 0 unspecified atom stereocenters. The molecule has 0 bridgehead atoms. The second kappa shape index (κ2) is 7.38. The van der Waals surface area contributed by atoms with Crippen LogP contribution in [0.25, 0.3) is 0 Å². The summed E-state index contributed by atoms with van der Waals surface area (Å²) in [5.74, 6) is -0.0425. The molecule has 1 atom stereocenters. The lowest BCUT2D eigenvalue weighted by Gasteiger charge is -2.35. The van der Waals surface area contributed by atoms with Crippen molar-refractivity contribution in [3.8, 4) is 0 Å². The van der Waals surface area contributed by atoms with Crippen LogP contribution in [0.5, 0.6) is 0 Å². The van der Waals surface area contributed by atoms with Crippen molar-refractivity contribution in [2.45, 2.75) is 12.5 Å². The highest BCUT2D eigenvalue weighted by Crippen LogP contribution is 2.16. The Balaban J connectivity index is 2.19. The van der Waals surface area contributed by atoms with Crippen LogP contribution in [0.3, 0.4) is 0 Å². The Morgan fingerprint density at radius 3 is 3.05 bits per heavy atom. The average Bonchev–Trinajstić information content (AvgIpc) is 2.52. The molecular weight excluding hydrogens is 258 g/mol. The molecule has 1 N–H and O–H groups in total. The lowest BCUT2D eigenvalue weighted by atomic mass is 10.0. The zero-order valence-corrected chi connectivity index (χ0v) is 11.7. The predicted molar refractivity (Wildman–Crippen MR) is 74.8 cm³/mol. The third kappa shape index (κ3) is 3.36. The standard InChI is InChI=1S/C15H21NO4/c1-19-8-6-12-4-2-3-5-14(12)15(18)16-7-9-20-11-13(16)10-17/h2-5,13,17H,6-11H2,1H3/t13-/m1/s1. The first-order valence-electron chi connectivity index (χ1n) is 6.84. The van der Waals surface area contributed by atoms with Crippen LogP contribution >= 0.6 is 0 Å². The molecule has 2 rings (SSSR count). The largest absolute Gasteiger partial charge is 0.394 e. The summed E-state index contributed by atoms with van der Waals surface area (Å²) in [5.41, 5.74) is 1.66. The molecule has 1 saturated heterocycles. The Kier molecular flexibility index (Phi) is 5.52. The molecule has 5 nitrogen and oxygen atoms in total. The molecule has 1 heterocycles. The fourth-order valence-electron chi connectivity index (χ4n) is 2.39. The van der Waals surface area contributed by atoms with Gasteiger partial charge in [-0.15, -0.1) is 0 Å². The van der Waals surface area contributed by atoms with Gasteiger partial charge in [0.25, 0.3) is 5.91 Å². The van der Waals surface area contributed by atoms with E-state index in [0.717, 1.165) is 5.56 Å². The fourth-order valence-corrected chi connectivity index (χ4v) is 2.39. The highest BCUT2D eigenvalue weighted by Gasteiger charge is 2.28. The molecule has 1 aliphatic rings. The number of morpholine rings is 1. The van der Waals surface area contributed by atoms with Gasteiger partial charge in [-0.1, -0.05) is 18.2 Å². The second-order valence-electron chi connectivity index (χ2n) is 4.81. The second-order valence-corrected chi connectivity index (χ2v) is 4.81. The summed E-state index contributed by atoms with van der Waals surface area (Å²) in [6.07, 6.45) is 0.701. The number of aliphatic hydroxyl groups is 1. The van der Waals surface area contributed by atoms with E-state index >= 15 is 0 Å². The van der Waals surface area contributed by atoms with Crippen LogP contribution in [-0.2, 0) is 15.9 Å². The monoisotopic (exact) mass is 279 g/mol. The van der Waals surface area contributed by atoms with Gasteiger partial charge in [-0.2, -0.15) is 0 Å². The molecule has 20 heavy (non-hydrogen) atoms. The Hall–Kier alpha value is -1.43. The smallest absolute Gasteiger partial charge is 0.254 e. The van der Waals surface area contributed by atoms with Gasteiger partial charge in [0.05, 0.1) is 32.5 Å². The Morgan fingerprint density at radius 2 is 2.30 bits per heavy atom. The normalized spacial score (nSPS) is 19.1. The molecule has 1 fully saturated rings. The van der Waals surface area contributed by atoms with E-state index in [0.29, 0.717) is 38.3 Å². The maximum Gasteiger partial charge on any atom is 0.254 e. The quantitative estimate of drug-likeness (QED) is 0.862. The van der Waals surface area contributed by atoms with Crippen LogP contribution in [0.1, 0.15) is 15.9 Å². The number of aliphatic hydroxyl groups excluding tert-OH is 1. The van der Waals surface area contributed by atoms with Crippen molar-refractivity contribution in [2.24, 2.45) is 0 Å². The third-order valence-electron chi connectivity index (χ3n) is 3.52. The van der Waals surface area contributed by atoms with Gasteiger partial charge in [0, 0.05) is 19.2 Å². The van der Waals surface area contributed by atoms with Crippen LogP contribution in [-0.4, -0.2) is 62.0 Å². The number of hydrogen-bond acceptors (Lipinski definition) is 4. The molecule has 5 heteroatoms. The van der Waals surface area contributed by atoms with Crippen molar-refractivity contribution in [1.29, 1.82) is 0 Å². The summed E-state index contributed by atoms with van der Waals surface area (Å²) < 4.78 is 10.4. The van der Waals surface area contributed by atoms with Crippen LogP contribution in [0.4, 0.5) is 0 Å². The van der Waals surface area contributed by atoms with Gasteiger partial charge in [-0.3, -0.25) is 4.79 Å².